The van der Waals surface area contributed by atoms with Crippen LogP contribution < -0.4 is 0 Å². The Morgan fingerprint density at radius 1 is 1.29 bits per heavy atom. The Bertz CT molecular complexity index is 938. The molecule has 1 aliphatic rings. The fourth-order valence-corrected chi connectivity index (χ4v) is 3.97. The van der Waals surface area contributed by atoms with Crippen LogP contribution in [0.5, 0.6) is 0 Å². The highest BCUT2D eigenvalue weighted by molar-refractivity contribution is 5.93. The maximum Gasteiger partial charge on any atom is 0.270 e. The predicted octanol–water partition coefficient (Wildman–Crippen LogP) is 2.46. The predicted molar refractivity (Wildman–Crippen MR) is 105 cm³/mol. The molecule has 1 saturated heterocycles. The number of carbonyl (C=O) groups excluding carboxylic acids is 1. The molecule has 0 aliphatic carbocycles. The van der Waals surface area contributed by atoms with E-state index in [1.54, 1.807) is 12.5 Å². The Labute approximate surface area is 164 Å². The van der Waals surface area contributed by atoms with Crippen LogP contribution in [0.2, 0.25) is 0 Å². The van der Waals surface area contributed by atoms with Gasteiger partial charge < -0.3 is 18.6 Å². The molecule has 4 rings (SSSR count). The van der Waals surface area contributed by atoms with E-state index < -0.39 is 0 Å². The second-order valence-corrected chi connectivity index (χ2v) is 7.75. The minimum Gasteiger partial charge on any atom is -0.341 e. The van der Waals surface area contributed by atoms with Gasteiger partial charge in [0.25, 0.3) is 5.91 Å². The number of carbonyl (C=O) groups is 1. The molecule has 4 heterocycles. The zero-order valence-electron chi connectivity index (χ0n) is 16.7. The summed E-state index contributed by atoms with van der Waals surface area (Å²) in [4.78, 5) is 19.2. The van der Waals surface area contributed by atoms with Crippen LogP contribution in [0.1, 0.15) is 60.8 Å². The second-order valence-electron chi connectivity index (χ2n) is 7.75. The van der Waals surface area contributed by atoms with Gasteiger partial charge in [-0.3, -0.25) is 4.79 Å². The van der Waals surface area contributed by atoms with Gasteiger partial charge in [0.1, 0.15) is 11.5 Å². The number of likely N-dealkylation sites (tertiary alicyclic amines) is 1. The molecule has 1 unspecified atom stereocenters. The van der Waals surface area contributed by atoms with E-state index in [1.165, 1.54) is 0 Å². The summed E-state index contributed by atoms with van der Waals surface area (Å²) in [6, 6.07) is 4.12. The van der Waals surface area contributed by atoms with Gasteiger partial charge in [0.05, 0.1) is 12.9 Å². The molecule has 28 heavy (non-hydrogen) atoms. The van der Waals surface area contributed by atoms with Gasteiger partial charge in [-0.05, 0) is 38.8 Å². The lowest BCUT2D eigenvalue weighted by Gasteiger charge is -2.32. The summed E-state index contributed by atoms with van der Waals surface area (Å²) in [5.74, 6) is 2.15. The first-order chi connectivity index (χ1) is 13.5. The molecule has 1 aliphatic heterocycles. The van der Waals surface area contributed by atoms with Crippen LogP contribution in [-0.2, 0) is 13.6 Å². The minimum atomic E-state index is 0.101. The maximum atomic E-state index is 13.1. The Morgan fingerprint density at radius 3 is 2.89 bits per heavy atom. The van der Waals surface area contributed by atoms with E-state index in [2.05, 4.69) is 33.6 Å². The largest absolute Gasteiger partial charge is 0.341 e. The summed E-state index contributed by atoms with van der Waals surface area (Å²) >= 11 is 0. The van der Waals surface area contributed by atoms with Gasteiger partial charge in [0.2, 0.25) is 0 Å². The number of hydrogen-bond acceptors (Lipinski definition) is 4. The molecule has 0 aromatic carbocycles. The second kappa shape index (κ2) is 7.61. The van der Waals surface area contributed by atoms with Crippen molar-refractivity contribution in [3.8, 4) is 0 Å². The van der Waals surface area contributed by atoms with E-state index in [0.717, 1.165) is 36.7 Å². The summed E-state index contributed by atoms with van der Waals surface area (Å²) < 4.78 is 6.08. The first kappa shape index (κ1) is 18.5. The van der Waals surface area contributed by atoms with E-state index in [4.69, 9.17) is 0 Å². The van der Waals surface area contributed by atoms with Gasteiger partial charge >= 0.3 is 0 Å². The van der Waals surface area contributed by atoms with Crippen LogP contribution in [0.3, 0.4) is 0 Å². The molecule has 8 nitrogen and oxygen atoms in total. The van der Waals surface area contributed by atoms with Crippen LogP contribution in [0.25, 0.3) is 0 Å². The molecule has 1 fully saturated rings. The van der Waals surface area contributed by atoms with E-state index in [0.29, 0.717) is 13.1 Å². The van der Waals surface area contributed by atoms with E-state index in [1.807, 2.05) is 45.6 Å². The van der Waals surface area contributed by atoms with Crippen molar-refractivity contribution in [2.45, 2.75) is 45.2 Å². The van der Waals surface area contributed by atoms with Crippen molar-refractivity contribution in [3.05, 3.63) is 54.4 Å². The zero-order chi connectivity index (χ0) is 19.7. The third-order valence-electron chi connectivity index (χ3n) is 5.51. The van der Waals surface area contributed by atoms with Gasteiger partial charge in [-0.2, -0.15) is 0 Å². The van der Waals surface area contributed by atoms with E-state index in [9.17, 15) is 4.79 Å². The summed E-state index contributed by atoms with van der Waals surface area (Å²) in [6.07, 6.45) is 9.42. The summed E-state index contributed by atoms with van der Waals surface area (Å²) in [5, 5.41) is 8.84. The van der Waals surface area contributed by atoms with Gasteiger partial charge in [0.15, 0.2) is 5.82 Å². The summed E-state index contributed by atoms with van der Waals surface area (Å²) in [7, 11) is 2.01. The molecule has 0 saturated carbocycles. The SMILES string of the molecule is CC(C)n1cccc1C(=O)N1CCCC(c2nnc(Cn3ccnc3)n2C)C1. The van der Waals surface area contributed by atoms with Crippen molar-refractivity contribution >= 4 is 5.91 Å². The van der Waals surface area contributed by atoms with E-state index in [-0.39, 0.29) is 17.9 Å². The normalized spacial score (nSPS) is 17.4. The highest BCUT2D eigenvalue weighted by Crippen LogP contribution is 2.27. The van der Waals surface area contributed by atoms with Crippen molar-refractivity contribution in [1.82, 2.24) is 33.8 Å². The molecule has 0 N–H and O–H groups in total. The molecule has 1 atom stereocenters. The van der Waals surface area contributed by atoms with Crippen LogP contribution in [0.15, 0.2) is 37.1 Å². The summed E-state index contributed by atoms with van der Waals surface area (Å²) in [5.41, 5.74) is 0.759. The van der Waals surface area contributed by atoms with Crippen LogP contribution in [0, 0.1) is 0 Å². The maximum absolute atomic E-state index is 13.1. The first-order valence-corrected chi connectivity index (χ1v) is 9.84. The zero-order valence-corrected chi connectivity index (χ0v) is 16.7. The van der Waals surface area contributed by atoms with Crippen LogP contribution >= 0.6 is 0 Å². The highest BCUT2D eigenvalue weighted by Gasteiger charge is 2.30. The number of imidazole rings is 1. The lowest BCUT2D eigenvalue weighted by atomic mass is 9.97. The third-order valence-corrected chi connectivity index (χ3v) is 5.51. The minimum absolute atomic E-state index is 0.101. The molecule has 1 amide bonds. The number of rotatable bonds is 5. The van der Waals surface area contributed by atoms with Crippen LogP contribution in [-0.4, -0.2) is 52.8 Å². The Kier molecular flexibility index (Phi) is 5.02. The molecule has 0 radical (unpaired) electrons. The smallest absolute Gasteiger partial charge is 0.270 e. The number of piperidine rings is 1. The number of aromatic nitrogens is 6. The first-order valence-electron chi connectivity index (χ1n) is 9.84. The topological polar surface area (TPSA) is 73.8 Å². The van der Waals surface area contributed by atoms with Gasteiger partial charge in [-0.1, -0.05) is 0 Å². The Hall–Kier alpha value is -2.90. The van der Waals surface area contributed by atoms with Crippen molar-refractivity contribution in [1.29, 1.82) is 0 Å². The lowest BCUT2D eigenvalue weighted by molar-refractivity contribution is 0.0691. The van der Waals surface area contributed by atoms with Gasteiger partial charge in [-0.15, -0.1) is 10.2 Å². The average molecular weight is 381 g/mol. The average Bonchev–Trinajstić information content (AvgIpc) is 3.44. The van der Waals surface area contributed by atoms with Crippen molar-refractivity contribution in [2.75, 3.05) is 13.1 Å². The van der Waals surface area contributed by atoms with Crippen molar-refractivity contribution in [3.63, 3.8) is 0 Å². The van der Waals surface area contributed by atoms with E-state index >= 15 is 0 Å². The van der Waals surface area contributed by atoms with Crippen LogP contribution in [0.4, 0.5) is 0 Å². The van der Waals surface area contributed by atoms with Crippen molar-refractivity contribution < 1.29 is 4.79 Å². The molecular formula is C20H27N7O. The molecule has 0 spiro atoms. The van der Waals surface area contributed by atoms with Gasteiger partial charge in [-0.25, -0.2) is 4.98 Å². The Balaban J connectivity index is 1.50. The molecule has 3 aromatic heterocycles. The Morgan fingerprint density at radius 2 is 2.14 bits per heavy atom. The molecule has 0 bridgehead atoms. The number of hydrogen-bond donors (Lipinski definition) is 0. The quantitative estimate of drug-likeness (QED) is 0.680. The fourth-order valence-electron chi connectivity index (χ4n) is 3.97. The van der Waals surface area contributed by atoms with Gasteiger partial charge in [0, 0.05) is 50.7 Å². The summed E-state index contributed by atoms with van der Waals surface area (Å²) in [6.45, 7) is 6.30. The molecule has 8 heteroatoms. The highest BCUT2D eigenvalue weighted by atomic mass is 16.2. The number of amides is 1. The fraction of sp³-hybridized carbons (Fsp3) is 0.500. The third kappa shape index (κ3) is 3.46. The molecule has 3 aromatic rings. The lowest BCUT2D eigenvalue weighted by Crippen LogP contribution is -2.40. The molecular weight excluding hydrogens is 354 g/mol. The molecule has 148 valence electrons. The monoisotopic (exact) mass is 381 g/mol. The van der Waals surface area contributed by atoms with Crippen molar-refractivity contribution in [2.24, 2.45) is 7.05 Å². The number of nitrogens with zero attached hydrogens (tertiary/aromatic N) is 7. The standard InChI is InChI=1S/C20H27N7O/c1-15(2)27-10-5-7-17(27)20(28)26-9-4-6-16(12-26)19-23-22-18(24(19)3)13-25-11-8-21-14-25/h5,7-8,10-11,14-16H,4,6,9,12-13H2,1-3H3.